The van der Waals surface area contributed by atoms with Gasteiger partial charge in [-0.25, -0.2) is 13.8 Å². The van der Waals surface area contributed by atoms with Crippen LogP contribution in [0.3, 0.4) is 0 Å². The zero-order valence-corrected chi connectivity index (χ0v) is 27.1. The highest BCUT2D eigenvalue weighted by molar-refractivity contribution is 7.18. The van der Waals surface area contributed by atoms with Crippen LogP contribution in [0.15, 0.2) is 42.3 Å². The third-order valence-electron chi connectivity index (χ3n) is 8.58. The van der Waals surface area contributed by atoms with Gasteiger partial charge < -0.3 is 24.2 Å². The molecule has 0 aliphatic carbocycles. The van der Waals surface area contributed by atoms with E-state index in [0.717, 1.165) is 21.8 Å². The van der Waals surface area contributed by atoms with Crippen LogP contribution < -0.4 is 9.64 Å². The summed E-state index contributed by atoms with van der Waals surface area (Å²) >= 11 is 1.43. The molecule has 242 valence electrons. The predicted octanol–water partition coefficient (Wildman–Crippen LogP) is 5.13. The Labute approximate surface area is 269 Å². The lowest BCUT2D eigenvalue weighted by Crippen LogP contribution is -2.49. The van der Waals surface area contributed by atoms with Gasteiger partial charge >= 0.3 is 0 Å². The van der Waals surface area contributed by atoms with E-state index in [1.54, 1.807) is 23.9 Å². The Kier molecular flexibility index (Phi) is 8.80. The van der Waals surface area contributed by atoms with Gasteiger partial charge in [-0.05, 0) is 30.5 Å². The first-order valence-electron chi connectivity index (χ1n) is 15.1. The summed E-state index contributed by atoms with van der Waals surface area (Å²) in [5, 5.41) is 7.64. The normalized spacial score (nSPS) is 16.3. The second-order valence-corrected chi connectivity index (χ2v) is 12.7. The molecule has 0 spiro atoms. The molecule has 3 aromatic heterocycles. The fourth-order valence-corrected chi connectivity index (χ4v) is 7.09. The molecule has 46 heavy (non-hydrogen) atoms. The van der Waals surface area contributed by atoms with Gasteiger partial charge in [0.05, 0.1) is 30.5 Å². The summed E-state index contributed by atoms with van der Waals surface area (Å²) in [5.74, 6) is -0.735. The van der Waals surface area contributed by atoms with Crippen LogP contribution in [0, 0.1) is 17.6 Å². The molecule has 2 aliphatic heterocycles. The van der Waals surface area contributed by atoms with Crippen molar-refractivity contribution >= 4 is 39.1 Å². The molecule has 1 fully saturated rings. The van der Waals surface area contributed by atoms with Crippen molar-refractivity contribution in [3.63, 3.8) is 0 Å². The van der Waals surface area contributed by atoms with Gasteiger partial charge in [0.2, 0.25) is 11.8 Å². The van der Waals surface area contributed by atoms with Crippen LogP contribution in [-0.2, 0) is 20.9 Å². The number of hydrogen-bond donors (Lipinski definition) is 0. The summed E-state index contributed by atoms with van der Waals surface area (Å²) in [5.41, 5.74) is 2.24. The number of carbonyl (C=O) groups excluding carboxylic acids is 2. The van der Waals surface area contributed by atoms with Crippen LogP contribution in [0.4, 0.5) is 14.6 Å². The minimum Gasteiger partial charge on any atom is -0.490 e. The summed E-state index contributed by atoms with van der Waals surface area (Å²) in [7, 11) is 5.02. The second kappa shape index (κ2) is 12.8. The highest BCUT2D eigenvalue weighted by atomic mass is 32.1. The first-order valence-corrected chi connectivity index (χ1v) is 16.0. The molecule has 1 saturated heterocycles. The molecule has 2 aliphatic rings. The lowest BCUT2D eigenvalue weighted by atomic mass is 9.94. The smallest absolute Gasteiger partial charge is 0.246 e. The Balaban J connectivity index is 1.52. The highest BCUT2D eigenvalue weighted by Gasteiger charge is 2.35. The summed E-state index contributed by atoms with van der Waals surface area (Å²) in [6.07, 6.45) is 1.74. The molecular weight excluding hydrogens is 614 g/mol. The molecule has 13 heteroatoms. The molecule has 0 bridgehead atoms. The number of carbonyl (C=O) groups is 2. The number of fused-ring (bicyclic) bond motifs is 2. The van der Waals surface area contributed by atoms with E-state index in [1.165, 1.54) is 30.6 Å². The van der Waals surface area contributed by atoms with Crippen molar-refractivity contribution < 1.29 is 27.8 Å². The van der Waals surface area contributed by atoms with E-state index in [0.29, 0.717) is 55.4 Å². The molecule has 0 unspecified atom stereocenters. The van der Waals surface area contributed by atoms with Gasteiger partial charge in [-0.2, -0.15) is 5.10 Å². The van der Waals surface area contributed by atoms with Gasteiger partial charge in [0, 0.05) is 81.0 Å². The van der Waals surface area contributed by atoms with Crippen LogP contribution in [0.2, 0.25) is 0 Å². The lowest BCUT2D eigenvalue weighted by Gasteiger charge is -2.41. The van der Waals surface area contributed by atoms with Crippen molar-refractivity contribution in [3.05, 3.63) is 59.6 Å². The largest absolute Gasteiger partial charge is 0.490 e. The zero-order valence-electron chi connectivity index (χ0n) is 26.3. The van der Waals surface area contributed by atoms with Crippen LogP contribution in [0.1, 0.15) is 25.1 Å². The van der Waals surface area contributed by atoms with Crippen molar-refractivity contribution in [1.82, 2.24) is 24.6 Å². The summed E-state index contributed by atoms with van der Waals surface area (Å²) < 4.78 is 44.2. The Morgan fingerprint density at radius 1 is 1.15 bits per heavy atom. The fourth-order valence-electron chi connectivity index (χ4n) is 6.15. The molecule has 5 heterocycles. The van der Waals surface area contributed by atoms with Crippen molar-refractivity contribution in [2.75, 3.05) is 59.0 Å². The number of methoxy groups -OCH3 is 1. The summed E-state index contributed by atoms with van der Waals surface area (Å²) in [6.45, 7) is 8.09. The number of aromatic nitrogens is 3. The topological polar surface area (TPSA) is 93.0 Å². The van der Waals surface area contributed by atoms with Gasteiger partial charge in [0.15, 0.2) is 0 Å². The average molecular weight is 651 g/mol. The lowest BCUT2D eigenvalue weighted by molar-refractivity contribution is -0.130. The fraction of sp³-hybridized carbons (Fsp3) is 0.394. The number of halogens is 2. The molecule has 6 rings (SSSR count). The molecular formula is C33H36F2N6O4S. The van der Waals surface area contributed by atoms with E-state index in [9.17, 15) is 14.0 Å². The SMILES string of the molecule is C=CC(=O)N1CCn2nc(-c3nc(N4CC(CC(=O)N(C)C)C4)c4ccsc4c3-c3c(F)cc(F)cc3OCCOC)cc2[C@H]1C. The van der Waals surface area contributed by atoms with Gasteiger partial charge in [-0.1, -0.05) is 6.58 Å². The van der Waals surface area contributed by atoms with E-state index in [2.05, 4.69) is 11.5 Å². The van der Waals surface area contributed by atoms with E-state index >= 15 is 4.39 Å². The van der Waals surface area contributed by atoms with Crippen LogP contribution >= 0.6 is 11.3 Å². The quantitative estimate of drug-likeness (QED) is 0.174. The Morgan fingerprint density at radius 3 is 2.65 bits per heavy atom. The maximum absolute atomic E-state index is 16.0. The first-order chi connectivity index (χ1) is 22.1. The number of rotatable bonds is 10. The number of hydrogen-bond acceptors (Lipinski definition) is 8. The number of anilines is 1. The monoisotopic (exact) mass is 650 g/mol. The first kappa shape index (κ1) is 31.6. The molecule has 4 aromatic rings. The average Bonchev–Trinajstić information content (AvgIpc) is 3.67. The van der Waals surface area contributed by atoms with Crippen LogP contribution in [0.5, 0.6) is 5.75 Å². The number of amides is 2. The third-order valence-corrected chi connectivity index (χ3v) is 9.51. The molecule has 0 saturated carbocycles. The molecule has 10 nitrogen and oxygen atoms in total. The second-order valence-electron chi connectivity index (χ2n) is 11.8. The minimum absolute atomic E-state index is 0.0337. The van der Waals surface area contributed by atoms with E-state index in [1.807, 2.05) is 29.1 Å². The van der Waals surface area contributed by atoms with Gasteiger partial charge in [0.25, 0.3) is 0 Å². The van der Waals surface area contributed by atoms with Gasteiger partial charge in [0.1, 0.15) is 41.2 Å². The molecule has 0 radical (unpaired) electrons. The molecule has 1 aromatic carbocycles. The summed E-state index contributed by atoms with van der Waals surface area (Å²) in [4.78, 5) is 35.5. The molecule has 1 atom stereocenters. The number of ether oxygens (including phenoxy) is 2. The number of nitrogens with zero attached hydrogens (tertiary/aromatic N) is 6. The standard InChI is InChI=1S/C33H36F2N6O4S/c1-6-27(42)40-8-9-41-25(19(40)2)16-24(37-41)31-30(29-23(35)14-21(34)15-26(29)45-11-10-44-5)32-22(7-12-46-32)33(36-31)39-17-20(18-39)13-28(43)38(3)4/h6-7,12,14-16,19-20H,1,8-11,13,17-18H2,2-5H3/t19-/m1/s1. The van der Waals surface area contributed by atoms with E-state index in [4.69, 9.17) is 19.6 Å². The maximum Gasteiger partial charge on any atom is 0.246 e. The van der Waals surface area contributed by atoms with Crippen molar-refractivity contribution in [2.24, 2.45) is 5.92 Å². The maximum atomic E-state index is 16.0. The summed E-state index contributed by atoms with van der Waals surface area (Å²) in [6, 6.07) is 5.56. The van der Waals surface area contributed by atoms with Crippen molar-refractivity contribution in [3.8, 4) is 28.3 Å². The Morgan fingerprint density at radius 2 is 1.93 bits per heavy atom. The third kappa shape index (κ3) is 5.73. The molecule has 2 amide bonds. The van der Waals surface area contributed by atoms with Crippen molar-refractivity contribution in [1.29, 1.82) is 0 Å². The predicted molar refractivity (Wildman–Crippen MR) is 173 cm³/mol. The number of benzene rings is 1. The van der Waals surface area contributed by atoms with Gasteiger partial charge in [-0.3, -0.25) is 14.3 Å². The minimum atomic E-state index is -0.788. The van der Waals surface area contributed by atoms with Crippen LogP contribution in [0.25, 0.3) is 32.6 Å². The number of thiophene rings is 1. The highest BCUT2D eigenvalue weighted by Crippen LogP contribution is 2.48. The van der Waals surface area contributed by atoms with E-state index in [-0.39, 0.29) is 48.3 Å². The Bertz CT molecular complexity index is 1820. The molecule has 0 N–H and O–H groups in total. The number of pyridine rings is 1. The van der Waals surface area contributed by atoms with Crippen LogP contribution in [-0.4, -0.2) is 90.4 Å². The van der Waals surface area contributed by atoms with E-state index < -0.39 is 11.6 Å². The zero-order chi connectivity index (χ0) is 32.7. The van der Waals surface area contributed by atoms with Gasteiger partial charge in [-0.15, -0.1) is 11.3 Å². The Hall–Kier alpha value is -4.36. The van der Waals surface area contributed by atoms with Crippen molar-refractivity contribution in [2.45, 2.75) is 25.9 Å².